The molecule has 1 aromatic heterocycles. The van der Waals surface area contributed by atoms with Crippen molar-refractivity contribution in [3.8, 4) is 0 Å². The number of hydrogen-bond donors (Lipinski definition) is 0. The minimum Gasteiger partial charge on any atom is -0.349 e. The smallest absolute Gasteiger partial charge is 0.165 e. The Morgan fingerprint density at radius 2 is 1.89 bits per heavy atom. The molecule has 0 amide bonds. The molecule has 0 atom stereocenters. The van der Waals surface area contributed by atoms with Crippen molar-refractivity contribution >= 4 is 5.78 Å². The standard InChI is InChI=1S/C16H24N2O/c1-16(2)11-14-13(15(19)12-16)5-8-18(14)10-9-17-6-3-4-7-17/h5,8H,3-4,6-7,9-12H2,1-2H3. The first-order valence-electron chi connectivity index (χ1n) is 7.49. The zero-order valence-electron chi connectivity index (χ0n) is 12.1. The van der Waals surface area contributed by atoms with Gasteiger partial charge in [0.05, 0.1) is 0 Å². The first kappa shape index (κ1) is 12.9. The number of carbonyl (C=O) groups is 1. The van der Waals surface area contributed by atoms with Crippen molar-refractivity contribution < 1.29 is 4.79 Å². The number of rotatable bonds is 3. The van der Waals surface area contributed by atoms with Crippen molar-refractivity contribution in [2.45, 2.75) is 46.1 Å². The predicted octanol–water partition coefficient (Wildman–Crippen LogP) is 2.74. The molecule has 1 fully saturated rings. The Kier molecular flexibility index (Phi) is 3.25. The molecule has 2 heterocycles. The van der Waals surface area contributed by atoms with Gasteiger partial charge >= 0.3 is 0 Å². The number of hydrogen-bond acceptors (Lipinski definition) is 2. The van der Waals surface area contributed by atoms with E-state index < -0.39 is 0 Å². The minimum atomic E-state index is 0.119. The van der Waals surface area contributed by atoms with Gasteiger partial charge in [-0.1, -0.05) is 13.8 Å². The Morgan fingerprint density at radius 3 is 2.63 bits per heavy atom. The van der Waals surface area contributed by atoms with Crippen LogP contribution in [0.15, 0.2) is 12.3 Å². The van der Waals surface area contributed by atoms with Crippen molar-refractivity contribution in [2.75, 3.05) is 19.6 Å². The van der Waals surface area contributed by atoms with E-state index in [4.69, 9.17) is 0 Å². The van der Waals surface area contributed by atoms with Crippen LogP contribution in [0.3, 0.4) is 0 Å². The Labute approximate surface area is 115 Å². The Hall–Kier alpha value is -1.09. The van der Waals surface area contributed by atoms with Crippen LogP contribution in [0.2, 0.25) is 0 Å². The van der Waals surface area contributed by atoms with Gasteiger partial charge in [-0.2, -0.15) is 0 Å². The normalized spacial score (nSPS) is 22.7. The molecule has 104 valence electrons. The summed E-state index contributed by atoms with van der Waals surface area (Å²) in [6, 6.07) is 2.02. The SMILES string of the molecule is CC1(C)CC(=O)c2ccn(CCN3CCCC3)c2C1. The van der Waals surface area contributed by atoms with Gasteiger partial charge in [0.1, 0.15) is 0 Å². The number of ketones is 1. The average Bonchev–Trinajstić information content (AvgIpc) is 2.93. The van der Waals surface area contributed by atoms with Gasteiger partial charge in [0.2, 0.25) is 0 Å². The van der Waals surface area contributed by atoms with Crippen LogP contribution in [0, 0.1) is 5.41 Å². The highest BCUT2D eigenvalue weighted by Gasteiger charge is 2.32. The number of likely N-dealkylation sites (tertiary alicyclic amines) is 1. The second-order valence-electron chi connectivity index (χ2n) is 6.86. The molecule has 0 saturated carbocycles. The second-order valence-corrected chi connectivity index (χ2v) is 6.86. The third kappa shape index (κ3) is 2.62. The zero-order chi connectivity index (χ0) is 13.5. The fourth-order valence-electron chi connectivity index (χ4n) is 3.47. The molecule has 3 heteroatoms. The van der Waals surface area contributed by atoms with Gasteiger partial charge in [0.15, 0.2) is 5.78 Å². The molecular weight excluding hydrogens is 236 g/mol. The Morgan fingerprint density at radius 1 is 1.16 bits per heavy atom. The second kappa shape index (κ2) is 4.78. The first-order valence-corrected chi connectivity index (χ1v) is 7.49. The maximum atomic E-state index is 12.2. The number of aromatic nitrogens is 1. The summed E-state index contributed by atoms with van der Waals surface area (Å²) in [7, 11) is 0. The highest BCUT2D eigenvalue weighted by Crippen LogP contribution is 2.35. The number of carbonyl (C=O) groups excluding carboxylic acids is 1. The third-order valence-electron chi connectivity index (χ3n) is 4.52. The van der Waals surface area contributed by atoms with Crippen LogP contribution >= 0.6 is 0 Å². The first-order chi connectivity index (χ1) is 9.05. The van der Waals surface area contributed by atoms with Crippen molar-refractivity contribution in [1.82, 2.24) is 9.47 Å². The molecule has 0 N–H and O–H groups in total. The fraction of sp³-hybridized carbons (Fsp3) is 0.688. The van der Waals surface area contributed by atoms with Crippen LogP contribution in [0.5, 0.6) is 0 Å². The maximum Gasteiger partial charge on any atom is 0.165 e. The van der Waals surface area contributed by atoms with E-state index in [0.717, 1.165) is 25.1 Å². The molecule has 3 nitrogen and oxygen atoms in total. The molecular formula is C16H24N2O. The molecule has 1 aliphatic carbocycles. The van der Waals surface area contributed by atoms with Crippen LogP contribution in [-0.2, 0) is 13.0 Å². The lowest BCUT2D eigenvalue weighted by Crippen LogP contribution is -2.29. The molecule has 1 aromatic rings. The van der Waals surface area contributed by atoms with Gasteiger partial charge in [-0.3, -0.25) is 4.79 Å². The topological polar surface area (TPSA) is 25.2 Å². The monoisotopic (exact) mass is 260 g/mol. The van der Waals surface area contributed by atoms with Crippen LogP contribution in [-0.4, -0.2) is 34.9 Å². The molecule has 0 bridgehead atoms. The molecule has 0 spiro atoms. The zero-order valence-corrected chi connectivity index (χ0v) is 12.1. The number of Topliss-reactive ketones (excluding diaryl/α,β-unsaturated/α-hetero) is 1. The van der Waals surface area contributed by atoms with Crippen LogP contribution in [0.25, 0.3) is 0 Å². The van der Waals surface area contributed by atoms with Crippen LogP contribution in [0.1, 0.15) is 49.2 Å². The molecule has 0 unspecified atom stereocenters. The van der Waals surface area contributed by atoms with Crippen molar-refractivity contribution in [1.29, 1.82) is 0 Å². The lowest BCUT2D eigenvalue weighted by Gasteiger charge is -2.30. The van der Waals surface area contributed by atoms with Gasteiger partial charge in [-0.05, 0) is 43.8 Å². The van der Waals surface area contributed by atoms with E-state index in [-0.39, 0.29) is 5.41 Å². The molecule has 0 aromatic carbocycles. The van der Waals surface area contributed by atoms with E-state index in [2.05, 4.69) is 29.5 Å². The highest BCUT2D eigenvalue weighted by molar-refractivity contribution is 5.98. The largest absolute Gasteiger partial charge is 0.349 e. The quantitative estimate of drug-likeness (QED) is 0.835. The summed E-state index contributed by atoms with van der Waals surface area (Å²) < 4.78 is 2.31. The van der Waals surface area contributed by atoms with E-state index in [1.165, 1.54) is 31.6 Å². The molecule has 3 rings (SSSR count). The Bertz CT molecular complexity index is 481. The van der Waals surface area contributed by atoms with E-state index in [0.29, 0.717) is 12.2 Å². The van der Waals surface area contributed by atoms with E-state index >= 15 is 0 Å². The summed E-state index contributed by atoms with van der Waals surface area (Å²) >= 11 is 0. The third-order valence-corrected chi connectivity index (χ3v) is 4.52. The van der Waals surface area contributed by atoms with Crippen molar-refractivity contribution in [3.63, 3.8) is 0 Å². The average molecular weight is 260 g/mol. The summed E-state index contributed by atoms with van der Waals surface area (Å²) in [5.41, 5.74) is 2.36. The number of nitrogens with zero attached hydrogens (tertiary/aromatic N) is 2. The summed E-state index contributed by atoms with van der Waals surface area (Å²) in [5.74, 6) is 0.325. The van der Waals surface area contributed by atoms with Gasteiger partial charge < -0.3 is 9.47 Å². The molecule has 1 saturated heterocycles. The minimum absolute atomic E-state index is 0.119. The van der Waals surface area contributed by atoms with Crippen molar-refractivity contribution in [2.24, 2.45) is 5.41 Å². The summed E-state index contributed by atoms with van der Waals surface area (Å²) in [4.78, 5) is 14.7. The predicted molar refractivity (Wildman–Crippen MR) is 76.5 cm³/mol. The molecule has 0 radical (unpaired) electrons. The maximum absolute atomic E-state index is 12.2. The lowest BCUT2D eigenvalue weighted by molar-refractivity contribution is 0.0909. The Balaban J connectivity index is 1.75. The van der Waals surface area contributed by atoms with Crippen LogP contribution in [0.4, 0.5) is 0 Å². The van der Waals surface area contributed by atoms with Gasteiger partial charge in [-0.15, -0.1) is 0 Å². The number of fused-ring (bicyclic) bond motifs is 1. The highest BCUT2D eigenvalue weighted by atomic mass is 16.1. The molecule has 1 aliphatic heterocycles. The molecule has 19 heavy (non-hydrogen) atoms. The lowest BCUT2D eigenvalue weighted by atomic mass is 9.76. The van der Waals surface area contributed by atoms with Gasteiger partial charge in [0, 0.05) is 37.0 Å². The summed E-state index contributed by atoms with van der Waals surface area (Å²) in [6.45, 7) is 9.04. The summed E-state index contributed by atoms with van der Waals surface area (Å²) in [6.07, 6.45) is 6.52. The summed E-state index contributed by atoms with van der Waals surface area (Å²) in [5, 5.41) is 0. The van der Waals surface area contributed by atoms with Crippen molar-refractivity contribution in [3.05, 3.63) is 23.5 Å². The van der Waals surface area contributed by atoms with Gasteiger partial charge in [0.25, 0.3) is 0 Å². The molecule has 2 aliphatic rings. The fourth-order valence-corrected chi connectivity index (χ4v) is 3.47. The van der Waals surface area contributed by atoms with Gasteiger partial charge in [-0.25, -0.2) is 0 Å². The van der Waals surface area contributed by atoms with E-state index in [9.17, 15) is 4.79 Å². The van der Waals surface area contributed by atoms with E-state index in [1.54, 1.807) is 0 Å². The van der Waals surface area contributed by atoms with E-state index in [1.807, 2.05) is 6.07 Å². The van der Waals surface area contributed by atoms with Crippen LogP contribution < -0.4 is 0 Å².